The Kier molecular flexibility index (Phi) is 5.76. The van der Waals surface area contributed by atoms with Crippen molar-refractivity contribution in [2.24, 2.45) is 0 Å². The fourth-order valence-electron chi connectivity index (χ4n) is 3.13. The summed E-state index contributed by atoms with van der Waals surface area (Å²) in [6.45, 7) is 0.357. The van der Waals surface area contributed by atoms with Crippen molar-refractivity contribution in [3.05, 3.63) is 65.7 Å². The summed E-state index contributed by atoms with van der Waals surface area (Å²) in [7, 11) is -3.14. The smallest absolute Gasteiger partial charge is 0.324 e. The molecule has 28 heavy (non-hydrogen) atoms. The molecule has 150 valence electrons. The quantitative estimate of drug-likeness (QED) is 0.838. The number of nitrogens with zero attached hydrogens (tertiary/aromatic N) is 1. The van der Waals surface area contributed by atoms with Gasteiger partial charge in [-0.15, -0.1) is 0 Å². The molecule has 1 unspecified atom stereocenters. The number of sulfone groups is 1. The number of carbonyl (C=O) groups is 1. The lowest BCUT2D eigenvalue weighted by molar-refractivity contribution is -0.137. The van der Waals surface area contributed by atoms with Gasteiger partial charge < -0.3 is 5.32 Å². The van der Waals surface area contributed by atoms with Crippen molar-refractivity contribution < 1.29 is 26.4 Å². The average molecular weight is 412 g/mol. The number of nitrogens with one attached hydrogen (secondary N) is 1. The molecule has 1 amide bonds. The maximum Gasteiger partial charge on any atom is 0.416 e. The minimum absolute atomic E-state index is 0.0328. The molecule has 1 N–H and O–H groups in total. The number of hydrogen-bond donors (Lipinski definition) is 1. The van der Waals surface area contributed by atoms with Crippen molar-refractivity contribution >= 4 is 21.4 Å². The Morgan fingerprint density at radius 3 is 2.25 bits per heavy atom. The van der Waals surface area contributed by atoms with Crippen molar-refractivity contribution in [2.45, 2.75) is 12.2 Å². The third-order valence-corrected chi connectivity index (χ3v) is 6.17. The normalized spacial score (nSPS) is 18.4. The molecular formula is C19H19F3N2O3S. The molecule has 0 radical (unpaired) electrons. The van der Waals surface area contributed by atoms with Gasteiger partial charge in [0.2, 0.25) is 5.91 Å². The highest BCUT2D eigenvalue weighted by Crippen LogP contribution is 2.31. The fraction of sp³-hybridized carbons (Fsp3) is 0.316. The van der Waals surface area contributed by atoms with Crippen LogP contribution in [0.3, 0.4) is 0 Å². The Morgan fingerprint density at radius 2 is 1.64 bits per heavy atom. The third-order valence-electron chi connectivity index (χ3n) is 4.57. The van der Waals surface area contributed by atoms with E-state index in [1.54, 1.807) is 35.2 Å². The first-order chi connectivity index (χ1) is 13.2. The number of rotatable bonds is 4. The first-order valence-corrected chi connectivity index (χ1v) is 10.5. The van der Waals surface area contributed by atoms with Crippen molar-refractivity contribution in [1.82, 2.24) is 4.90 Å². The van der Waals surface area contributed by atoms with Gasteiger partial charge in [0.25, 0.3) is 0 Å². The van der Waals surface area contributed by atoms with E-state index >= 15 is 0 Å². The van der Waals surface area contributed by atoms with Crippen LogP contribution in [-0.4, -0.2) is 43.8 Å². The molecule has 9 heteroatoms. The van der Waals surface area contributed by atoms with Gasteiger partial charge in [0, 0.05) is 18.8 Å². The van der Waals surface area contributed by atoms with E-state index in [1.807, 2.05) is 0 Å². The van der Waals surface area contributed by atoms with Gasteiger partial charge in [0.05, 0.1) is 17.1 Å². The molecule has 1 fully saturated rings. The van der Waals surface area contributed by atoms with Gasteiger partial charge in [-0.25, -0.2) is 8.42 Å². The lowest BCUT2D eigenvalue weighted by atomic mass is 10.0. The molecule has 0 aliphatic carbocycles. The van der Waals surface area contributed by atoms with Crippen molar-refractivity contribution in [3.63, 3.8) is 0 Å². The van der Waals surface area contributed by atoms with Crippen LogP contribution in [0.4, 0.5) is 18.9 Å². The second kappa shape index (κ2) is 7.92. The summed E-state index contributed by atoms with van der Waals surface area (Å²) in [5.41, 5.74) is -0.178. The SMILES string of the molecule is O=C(Nc1cccc(C(F)(F)F)c1)C(c1ccccc1)N1CCS(=O)(=O)CC1. The van der Waals surface area contributed by atoms with Gasteiger partial charge in [0.1, 0.15) is 6.04 Å². The summed E-state index contributed by atoms with van der Waals surface area (Å²) >= 11 is 0. The van der Waals surface area contributed by atoms with E-state index in [4.69, 9.17) is 0 Å². The highest BCUT2D eigenvalue weighted by molar-refractivity contribution is 7.91. The Hall–Kier alpha value is -2.39. The molecule has 2 aromatic rings. The Labute approximate surface area is 161 Å². The minimum atomic E-state index is -4.51. The van der Waals surface area contributed by atoms with Crippen LogP contribution in [0.2, 0.25) is 0 Å². The maximum absolute atomic E-state index is 13.0. The predicted molar refractivity (Wildman–Crippen MR) is 99.5 cm³/mol. The van der Waals surface area contributed by atoms with Gasteiger partial charge in [-0.3, -0.25) is 9.69 Å². The number of alkyl halides is 3. The van der Waals surface area contributed by atoms with E-state index in [9.17, 15) is 26.4 Å². The van der Waals surface area contributed by atoms with Crippen LogP contribution in [0.15, 0.2) is 54.6 Å². The highest BCUT2D eigenvalue weighted by Gasteiger charge is 2.33. The van der Waals surface area contributed by atoms with E-state index in [0.29, 0.717) is 5.56 Å². The van der Waals surface area contributed by atoms with E-state index in [1.165, 1.54) is 12.1 Å². The van der Waals surface area contributed by atoms with Crippen LogP contribution in [0.25, 0.3) is 0 Å². The second-order valence-corrected chi connectivity index (χ2v) is 8.87. The van der Waals surface area contributed by atoms with Gasteiger partial charge >= 0.3 is 6.18 Å². The van der Waals surface area contributed by atoms with Gasteiger partial charge in [-0.05, 0) is 23.8 Å². The summed E-state index contributed by atoms with van der Waals surface area (Å²) in [6.07, 6.45) is -4.51. The third kappa shape index (κ3) is 4.90. The van der Waals surface area contributed by atoms with E-state index in [0.717, 1.165) is 12.1 Å². The molecule has 0 bridgehead atoms. The highest BCUT2D eigenvalue weighted by atomic mass is 32.2. The Balaban J connectivity index is 1.85. The largest absolute Gasteiger partial charge is 0.416 e. The van der Waals surface area contributed by atoms with Gasteiger partial charge in [-0.2, -0.15) is 13.2 Å². The molecule has 2 aromatic carbocycles. The van der Waals surface area contributed by atoms with Crippen LogP contribution in [0.5, 0.6) is 0 Å². The lowest BCUT2D eigenvalue weighted by Gasteiger charge is -2.33. The molecule has 3 rings (SSSR count). The number of anilines is 1. The molecule has 1 saturated heterocycles. The number of benzene rings is 2. The van der Waals surface area contributed by atoms with Crippen molar-refractivity contribution in [3.8, 4) is 0 Å². The standard InChI is InChI=1S/C19H19F3N2O3S/c20-19(21,22)15-7-4-8-16(13-15)23-18(25)17(14-5-2-1-3-6-14)24-9-11-28(26,27)12-10-24/h1-8,13,17H,9-12H2,(H,23,25). The number of hydrogen-bond acceptors (Lipinski definition) is 4. The summed E-state index contributed by atoms with van der Waals surface area (Å²) in [5.74, 6) is -0.634. The Bertz CT molecular complexity index is 932. The lowest BCUT2D eigenvalue weighted by Crippen LogP contribution is -2.46. The predicted octanol–water partition coefficient (Wildman–Crippen LogP) is 3.12. The van der Waals surface area contributed by atoms with E-state index in [-0.39, 0.29) is 30.3 Å². The van der Waals surface area contributed by atoms with E-state index in [2.05, 4.69) is 5.32 Å². The van der Waals surface area contributed by atoms with Gasteiger partial charge in [-0.1, -0.05) is 36.4 Å². The number of amides is 1. The average Bonchev–Trinajstić information content (AvgIpc) is 2.64. The fourth-order valence-corrected chi connectivity index (χ4v) is 4.36. The molecule has 1 aliphatic rings. The summed E-state index contributed by atoms with van der Waals surface area (Å²) in [6, 6.07) is 12.4. The Morgan fingerprint density at radius 1 is 1.00 bits per heavy atom. The van der Waals surface area contributed by atoms with Crippen LogP contribution in [0, 0.1) is 0 Å². The second-order valence-electron chi connectivity index (χ2n) is 6.57. The molecule has 0 saturated carbocycles. The van der Waals surface area contributed by atoms with Crippen LogP contribution >= 0.6 is 0 Å². The zero-order valence-electron chi connectivity index (χ0n) is 14.8. The van der Waals surface area contributed by atoms with Crippen molar-refractivity contribution in [2.75, 3.05) is 29.9 Å². The monoisotopic (exact) mass is 412 g/mol. The minimum Gasteiger partial charge on any atom is -0.324 e. The van der Waals surface area contributed by atoms with Gasteiger partial charge in [0.15, 0.2) is 9.84 Å². The molecule has 0 spiro atoms. The first kappa shape index (κ1) is 20.3. The topological polar surface area (TPSA) is 66.5 Å². The maximum atomic E-state index is 13.0. The zero-order chi connectivity index (χ0) is 20.4. The number of carbonyl (C=O) groups excluding carboxylic acids is 1. The molecule has 1 aliphatic heterocycles. The van der Waals surface area contributed by atoms with E-state index < -0.39 is 33.5 Å². The number of halogens is 3. The molecular weight excluding hydrogens is 393 g/mol. The summed E-state index contributed by atoms with van der Waals surface area (Å²) < 4.78 is 62.2. The molecule has 1 heterocycles. The van der Waals surface area contributed by atoms with Crippen LogP contribution in [0.1, 0.15) is 17.2 Å². The molecule has 1 atom stereocenters. The summed E-state index contributed by atoms with van der Waals surface area (Å²) in [4.78, 5) is 14.7. The van der Waals surface area contributed by atoms with Crippen molar-refractivity contribution in [1.29, 1.82) is 0 Å². The molecule has 0 aromatic heterocycles. The van der Waals surface area contributed by atoms with Crippen LogP contribution in [-0.2, 0) is 20.8 Å². The first-order valence-electron chi connectivity index (χ1n) is 8.63. The van der Waals surface area contributed by atoms with Crippen LogP contribution < -0.4 is 5.32 Å². The molecule has 5 nitrogen and oxygen atoms in total. The zero-order valence-corrected chi connectivity index (χ0v) is 15.6. The summed E-state index contributed by atoms with van der Waals surface area (Å²) in [5, 5.41) is 2.54.